The average molecular weight is 255 g/mol. The third-order valence-electron chi connectivity index (χ3n) is 2.31. The molecule has 0 aliphatic carbocycles. The number of nitrogens with two attached hydrogens (primary N) is 1. The molecule has 1 unspecified atom stereocenters. The van der Waals surface area contributed by atoms with Gasteiger partial charge in [0.1, 0.15) is 11.6 Å². The lowest BCUT2D eigenvalue weighted by Crippen LogP contribution is -2.20. The average Bonchev–Trinajstić information content (AvgIpc) is 2.36. The summed E-state index contributed by atoms with van der Waals surface area (Å²) in [6.07, 6.45) is 1.01. The van der Waals surface area contributed by atoms with Gasteiger partial charge in [0, 0.05) is 6.54 Å². The maximum absolute atomic E-state index is 10.7. The molecule has 0 spiro atoms. The Bertz CT molecular complexity index is 412. The number of pyridine rings is 1. The van der Waals surface area contributed by atoms with Gasteiger partial charge in [0.2, 0.25) is 0 Å². The largest absolute Gasteiger partial charge is 0.391 e. The number of hydrogen-bond acceptors (Lipinski definition) is 7. The molecule has 18 heavy (non-hydrogen) atoms. The predicted molar refractivity (Wildman–Crippen MR) is 68.1 cm³/mol. The van der Waals surface area contributed by atoms with Crippen molar-refractivity contribution in [2.45, 2.75) is 25.9 Å². The highest BCUT2D eigenvalue weighted by Crippen LogP contribution is 2.20. The maximum atomic E-state index is 10.7. The standard InChI is InChI=1S/C10H17N5O3/c1-2-3-8(16)6-12-9-4-7(15(17)18)5-10(13-9)14-11/h4-5,8,16H,2-3,6,11H2,1H3,(H2,12,13,14). The summed E-state index contributed by atoms with van der Waals surface area (Å²) in [6, 6.07) is 2.52. The molecule has 0 fully saturated rings. The zero-order chi connectivity index (χ0) is 13.5. The summed E-state index contributed by atoms with van der Waals surface area (Å²) in [5.74, 6) is 5.67. The van der Waals surface area contributed by atoms with Crippen LogP contribution in [0.1, 0.15) is 19.8 Å². The van der Waals surface area contributed by atoms with Crippen LogP contribution in [0, 0.1) is 10.1 Å². The summed E-state index contributed by atoms with van der Waals surface area (Å²) in [5, 5.41) is 23.1. The smallest absolute Gasteiger partial charge is 0.276 e. The zero-order valence-corrected chi connectivity index (χ0v) is 10.1. The number of rotatable bonds is 7. The summed E-state index contributed by atoms with van der Waals surface area (Å²) in [7, 11) is 0. The molecule has 0 saturated carbocycles. The number of hydrazine groups is 1. The first kappa shape index (κ1) is 14.1. The van der Waals surface area contributed by atoms with Crippen molar-refractivity contribution in [1.29, 1.82) is 0 Å². The van der Waals surface area contributed by atoms with Crippen molar-refractivity contribution in [2.75, 3.05) is 17.3 Å². The molecule has 8 nitrogen and oxygen atoms in total. The Balaban J connectivity index is 2.75. The van der Waals surface area contributed by atoms with E-state index in [9.17, 15) is 15.2 Å². The highest BCUT2D eigenvalue weighted by molar-refractivity contribution is 5.54. The molecule has 1 heterocycles. The van der Waals surface area contributed by atoms with Gasteiger partial charge in [-0.25, -0.2) is 10.8 Å². The van der Waals surface area contributed by atoms with E-state index in [-0.39, 0.29) is 18.1 Å². The van der Waals surface area contributed by atoms with Crippen molar-refractivity contribution >= 4 is 17.3 Å². The number of aromatic nitrogens is 1. The Hall–Kier alpha value is -1.93. The van der Waals surface area contributed by atoms with Crippen molar-refractivity contribution < 1.29 is 10.0 Å². The van der Waals surface area contributed by atoms with Gasteiger partial charge in [0.05, 0.1) is 23.2 Å². The number of anilines is 2. The molecule has 0 aromatic carbocycles. The number of nitrogen functional groups attached to an aromatic ring is 1. The third-order valence-corrected chi connectivity index (χ3v) is 2.31. The molecule has 1 atom stereocenters. The summed E-state index contributed by atoms with van der Waals surface area (Å²) in [6.45, 7) is 2.25. The van der Waals surface area contributed by atoms with Crippen LogP contribution in [-0.4, -0.2) is 27.7 Å². The first-order valence-electron chi connectivity index (χ1n) is 5.61. The molecule has 0 amide bonds. The highest BCUT2D eigenvalue weighted by Gasteiger charge is 2.11. The summed E-state index contributed by atoms with van der Waals surface area (Å²) in [4.78, 5) is 14.2. The van der Waals surface area contributed by atoms with Crippen molar-refractivity contribution in [3.05, 3.63) is 22.2 Å². The molecule has 1 rings (SSSR count). The number of nitrogens with one attached hydrogen (secondary N) is 2. The van der Waals surface area contributed by atoms with Crippen LogP contribution in [0.5, 0.6) is 0 Å². The number of aliphatic hydroxyl groups excluding tert-OH is 1. The van der Waals surface area contributed by atoms with E-state index in [1.165, 1.54) is 12.1 Å². The predicted octanol–water partition coefficient (Wildman–Crippen LogP) is 0.848. The third kappa shape index (κ3) is 4.15. The Morgan fingerprint density at radius 1 is 1.56 bits per heavy atom. The zero-order valence-electron chi connectivity index (χ0n) is 10.1. The lowest BCUT2D eigenvalue weighted by Gasteiger charge is -2.11. The van der Waals surface area contributed by atoms with Crippen molar-refractivity contribution in [2.24, 2.45) is 5.84 Å². The Morgan fingerprint density at radius 3 is 2.78 bits per heavy atom. The van der Waals surface area contributed by atoms with Gasteiger partial charge in [-0.2, -0.15) is 0 Å². The SMILES string of the molecule is CCCC(O)CNc1cc([N+](=O)[O-])cc(NN)n1. The molecule has 0 radical (unpaired) electrons. The molecule has 100 valence electrons. The van der Waals surface area contributed by atoms with Crippen molar-refractivity contribution in [3.8, 4) is 0 Å². The molecular weight excluding hydrogens is 238 g/mol. The first-order valence-corrected chi connectivity index (χ1v) is 5.61. The van der Waals surface area contributed by atoms with Crippen LogP contribution in [0.15, 0.2) is 12.1 Å². The lowest BCUT2D eigenvalue weighted by atomic mass is 10.2. The fourth-order valence-electron chi connectivity index (χ4n) is 1.44. The van der Waals surface area contributed by atoms with E-state index in [4.69, 9.17) is 5.84 Å². The fourth-order valence-corrected chi connectivity index (χ4v) is 1.44. The van der Waals surface area contributed by atoms with Gasteiger partial charge in [-0.05, 0) is 6.42 Å². The molecule has 0 aliphatic rings. The minimum atomic E-state index is -0.532. The minimum absolute atomic E-state index is 0.120. The Kier molecular flexibility index (Phi) is 5.28. The first-order chi connectivity index (χ1) is 8.56. The monoisotopic (exact) mass is 255 g/mol. The Morgan fingerprint density at radius 2 is 2.22 bits per heavy atom. The van der Waals surface area contributed by atoms with E-state index < -0.39 is 11.0 Å². The van der Waals surface area contributed by atoms with E-state index in [1.54, 1.807) is 0 Å². The molecule has 5 N–H and O–H groups in total. The molecular formula is C10H17N5O3. The van der Waals surface area contributed by atoms with E-state index in [1.807, 2.05) is 6.92 Å². The normalized spacial score (nSPS) is 11.9. The summed E-state index contributed by atoms with van der Waals surface area (Å²) >= 11 is 0. The number of nitro groups is 1. The number of nitrogens with zero attached hydrogens (tertiary/aromatic N) is 2. The molecule has 0 aliphatic heterocycles. The van der Waals surface area contributed by atoms with E-state index in [0.717, 1.165) is 6.42 Å². The van der Waals surface area contributed by atoms with Crippen LogP contribution in [0.2, 0.25) is 0 Å². The highest BCUT2D eigenvalue weighted by atomic mass is 16.6. The number of hydrogen-bond donors (Lipinski definition) is 4. The quantitative estimate of drug-likeness (QED) is 0.323. The second-order valence-corrected chi connectivity index (χ2v) is 3.82. The van der Waals surface area contributed by atoms with E-state index >= 15 is 0 Å². The number of aliphatic hydroxyl groups is 1. The van der Waals surface area contributed by atoms with Crippen molar-refractivity contribution in [3.63, 3.8) is 0 Å². The molecule has 1 aromatic heterocycles. The van der Waals surface area contributed by atoms with Crippen LogP contribution >= 0.6 is 0 Å². The van der Waals surface area contributed by atoms with Crippen LogP contribution < -0.4 is 16.6 Å². The summed E-state index contributed by atoms with van der Waals surface area (Å²) in [5.41, 5.74) is 2.14. The van der Waals surface area contributed by atoms with Gasteiger partial charge in [-0.1, -0.05) is 13.3 Å². The topological polar surface area (TPSA) is 126 Å². The second-order valence-electron chi connectivity index (χ2n) is 3.82. The van der Waals surface area contributed by atoms with E-state index in [0.29, 0.717) is 12.2 Å². The van der Waals surface area contributed by atoms with Gasteiger partial charge in [0.15, 0.2) is 0 Å². The Labute approximate surface area is 104 Å². The van der Waals surface area contributed by atoms with Crippen LogP contribution in [0.4, 0.5) is 17.3 Å². The maximum Gasteiger partial charge on any atom is 0.276 e. The van der Waals surface area contributed by atoms with Gasteiger partial charge in [-0.3, -0.25) is 10.1 Å². The van der Waals surface area contributed by atoms with Crippen LogP contribution in [-0.2, 0) is 0 Å². The summed E-state index contributed by atoms with van der Waals surface area (Å²) < 4.78 is 0. The second kappa shape index (κ2) is 6.72. The van der Waals surface area contributed by atoms with Gasteiger partial charge in [-0.15, -0.1) is 0 Å². The molecule has 1 aromatic rings. The van der Waals surface area contributed by atoms with Crippen LogP contribution in [0.25, 0.3) is 0 Å². The van der Waals surface area contributed by atoms with Gasteiger partial charge >= 0.3 is 0 Å². The van der Waals surface area contributed by atoms with Gasteiger partial charge < -0.3 is 15.8 Å². The van der Waals surface area contributed by atoms with Gasteiger partial charge in [0.25, 0.3) is 5.69 Å². The molecule has 0 saturated heterocycles. The lowest BCUT2D eigenvalue weighted by molar-refractivity contribution is -0.384. The molecule has 8 heteroatoms. The minimum Gasteiger partial charge on any atom is -0.391 e. The molecule has 0 bridgehead atoms. The van der Waals surface area contributed by atoms with Crippen LogP contribution in [0.3, 0.4) is 0 Å². The fraction of sp³-hybridized carbons (Fsp3) is 0.500. The van der Waals surface area contributed by atoms with E-state index in [2.05, 4.69) is 15.7 Å². The van der Waals surface area contributed by atoms with Crippen molar-refractivity contribution in [1.82, 2.24) is 4.98 Å².